The van der Waals surface area contributed by atoms with Gasteiger partial charge in [0, 0.05) is 0 Å². The molecule has 2 aliphatic rings. The predicted molar refractivity (Wildman–Crippen MR) is 116 cm³/mol. The zero-order valence-electron chi connectivity index (χ0n) is 14.2. The van der Waals surface area contributed by atoms with Crippen LogP contribution < -0.4 is 10.4 Å². The maximum Gasteiger partial charge on any atom is -0.00930 e. The molecule has 4 aromatic rings. The first kappa shape index (κ1) is 16.8. The Bertz CT molecular complexity index is 1150. The monoisotopic (exact) mass is 370 g/mol. The molecule has 6 rings (SSSR count). The molecule has 0 aliphatic heterocycles. The van der Waals surface area contributed by atoms with Crippen molar-refractivity contribution in [1.82, 2.24) is 0 Å². The third-order valence-electron chi connectivity index (χ3n) is 4.26. The summed E-state index contributed by atoms with van der Waals surface area (Å²) in [5, 5.41) is 13.6. The van der Waals surface area contributed by atoms with Gasteiger partial charge in [0.05, 0.1) is 0 Å². The van der Waals surface area contributed by atoms with Crippen LogP contribution in [0.4, 0.5) is 0 Å². The van der Waals surface area contributed by atoms with E-state index in [1.807, 2.05) is 45.8 Å². The first-order chi connectivity index (χ1) is 12.9. The summed E-state index contributed by atoms with van der Waals surface area (Å²) in [7, 11) is 0. The molecule has 0 fully saturated rings. The summed E-state index contributed by atoms with van der Waals surface area (Å²) < 4.78 is 0. The molecule has 0 saturated carbocycles. The van der Waals surface area contributed by atoms with E-state index in [0.29, 0.717) is 0 Å². The van der Waals surface area contributed by atoms with Gasteiger partial charge in [-0.2, -0.15) is 22.7 Å². The Morgan fingerprint density at radius 2 is 1.23 bits per heavy atom. The highest BCUT2D eigenvalue weighted by Crippen LogP contribution is 2.16. The fourth-order valence-corrected chi connectivity index (χ4v) is 4.01. The summed E-state index contributed by atoms with van der Waals surface area (Å²) in [6, 6.07) is 21.1. The summed E-state index contributed by atoms with van der Waals surface area (Å²) >= 11 is 3.43. The molecule has 0 saturated heterocycles. The van der Waals surface area contributed by atoms with E-state index in [2.05, 4.69) is 60.7 Å². The van der Waals surface area contributed by atoms with Crippen molar-refractivity contribution in [2.75, 3.05) is 0 Å². The lowest BCUT2D eigenvalue weighted by atomic mass is 10.1. The van der Waals surface area contributed by atoms with Gasteiger partial charge in [-0.1, -0.05) is 78.9 Å². The Balaban J connectivity index is 0.000000138. The van der Waals surface area contributed by atoms with Gasteiger partial charge in [0.1, 0.15) is 0 Å². The van der Waals surface area contributed by atoms with Crippen LogP contribution in [0.3, 0.4) is 0 Å². The Labute approximate surface area is 161 Å². The lowest BCUT2D eigenvalue weighted by Gasteiger charge is -1.98. The Morgan fingerprint density at radius 1 is 0.538 bits per heavy atom. The van der Waals surface area contributed by atoms with Crippen molar-refractivity contribution < 1.29 is 0 Å². The van der Waals surface area contributed by atoms with Crippen LogP contribution in [0.1, 0.15) is 11.1 Å². The molecule has 2 heteroatoms. The highest BCUT2D eigenvalue weighted by Gasteiger charge is 2.08. The number of fused-ring (bicyclic) bond motifs is 4. The highest BCUT2D eigenvalue weighted by atomic mass is 32.1. The van der Waals surface area contributed by atoms with Crippen LogP contribution >= 0.6 is 22.7 Å². The first-order valence-electron chi connectivity index (χ1n) is 8.50. The largest absolute Gasteiger partial charge is 0.152 e. The molecule has 2 aromatic carbocycles. The van der Waals surface area contributed by atoms with Crippen LogP contribution in [0.25, 0.3) is 18.2 Å². The molecule has 0 N–H and O–H groups in total. The van der Waals surface area contributed by atoms with Gasteiger partial charge in [0.25, 0.3) is 0 Å². The average Bonchev–Trinajstić information content (AvgIpc) is 3.51. The molecule has 0 atom stereocenters. The quantitative estimate of drug-likeness (QED) is 0.341. The van der Waals surface area contributed by atoms with Gasteiger partial charge in [0.15, 0.2) is 0 Å². The molecule has 26 heavy (non-hydrogen) atoms. The van der Waals surface area contributed by atoms with Crippen LogP contribution in [-0.4, -0.2) is 0 Å². The van der Waals surface area contributed by atoms with E-state index in [1.54, 1.807) is 22.7 Å². The molecule has 0 nitrogen and oxygen atoms in total. The van der Waals surface area contributed by atoms with Gasteiger partial charge in [-0.05, 0) is 59.6 Å². The second kappa shape index (κ2) is 8.13. The van der Waals surface area contributed by atoms with E-state index in [-0.39, 0.29) is 0 Å². The molecule has 2 aliphatic carbocycles. The molecule has 0 radical (unpaired) electrons. The minimum atomic E-state index is 1.34. The van der Waals surface area contributed by atoms with Crippen molar-refractivity contribution >= 4 is 40.9 Å². The van der Waals surface area contributed by atoms with E-state index in [4.69, 9.17) is 0 Å². The van der Waals surface area contributed by atoms with Crippen LogP contribution in [0.5, 0.6) is 0 Å². The lowest BCUT2D eigenvalue weighted by molar-refractivity contribution is 1.45. The second-order valence-electron chi connectivity index (χ2n) is 5.87. The van der Waals surface area contributed by atoms with Crippen molar-refractivity contribution in [3.63, 3.8) is 0 Å². The third-order valence-corrected chi connectivity index (χ3v) is 5.52. The normalized spacial score (nSPS) is 11.5. The summed E-state index contributed by atoms with van der Waals surface area (Å²) in [6.07, 6.45) is 8.80. The maximum absolute atomic E-state index is 2.30. The molecule has 2 aromatic heterocycles. The van der Waals surface area contributed by atoms with Crippen LogP contribution in [0, 0.1) is 10.4 Å². The molecule has 0 unspecified atom stereocenters. The topological polar surface area (TPSA) is 0 Å². The van der Waals surface area contributed by atoms with E-state index >= 15 is 0 Å². The van der Waals surface area contributed by atoms with Gasteiger partial charge in [-0.25, -0.2) is 0 Å². The van der Waals surface area contributed by atoms with Crippen molar-refractivity contribution in [1.29, 1.82) is 0 Å². The zero-order valence-corrected chi connectivity index (χ0v) is 15.8. The molecule has 0 bridgehead atoms. The van der Waals surface area contributed by atoms with Crippen molar-refractivity contribution in [2.24, 2.45) is 0 Å². The van der Waals surface area contributed by atoms with Crippen molar-refractivity contribution in [3.05, 3.63) is 120 Å². The number of hydrogen-bond acceptors (Lipinski definition) is 2. The number of hydrogen-bond donors (Lipinski definition) is 0. The third kappa shape index (κ3) is 3.62. The SMILES string of the molecule is C1=Cc2c3c(ccc2=C1)=c1ccccc1=C3.c1ccsc1.c1ccsc1. The molecular formula is C24H18S2. The van der Waals surface area contributed by atoms with Gasteiger partial charge in [-0.3, -0.25) is 0 Å². The van der Waals surface area contributed by atoms with Crippen LogP contribution in [0.15, 0.2) is 88.3 Å². The zero-order chi connectivity index (χ0) is 17.6. The van der Waals surface area contributed by atoms with Crippen molar-refractivity contribution in [3.8, 4) is 0 Å². The van der Waals surface area contributed by atoms with Gasteiger partial charge >= 0.3 is 0 Å². The fraction of sp³-hybridized carbons (Fsp3) is 0. The van der Waals surface area contributed by atoms with E-state index in [9.17, 15) is 0 Å². The number of allylic oxidation sites excluding steroid dienone is 1. The Hall–Kier alpha value is -2.68. The fourth-order valence-electron chi connectivity index (χ4n) is 3.10. The highest BCUT2D eigenvalue weighted by molar-refractivity contribution is 7.08. The summed E-state index contributed by atoms with van der Waals surface area (Å²) in [5.41, 5.74) is 2.75. The summed E-state index contributed by atoms with van der Waals surface area (Å²) in [5.74, 6) is 0. The molecule has 2 heterocycles. The minimum Gasteiger partial charge on any atom is -0.152 e. The second-order valence-corrected chi connectivity index (χ2v) is 7.51. The minimum absolute atomic E-state index is 1.34. The van der Waals surface area contributed by atoms with E-state index in [1.165, 1.54) is 32.0 Å². The number of thiophene rings is 2. The smallest absolute Gasteiger partial charge is 0.00930 e. The average molecular weight is 371 g/mol. The van der Waals surface area contributed by atoms with Crippen LogP contribution in [-0.2, 0) is 0 Å². The molecule has 0 amide bonds. The predicted octanol–water partition coefficient (Wildman–Crippen LogP) is 5.42. The lowest BCUT2D eigenvalue weighted by Crippen LogP contribution is -2.03. The Morgan fingerprint density at radius 3 is 1.88 bits per heavy atom. The summed E-state index contributed by atoms with van der Waals surface area (Å²) in [4.78, 5) is 0. The first-order valence-corrected chi connectivity index (χ1v) is 10.4. The molecular weight excluding hydrogens is 352 g/mol. The van der Waals surface area contributed by atoms with Gasteiger partial charge in [0.2, 0.25) is 0 Å². The summed E-state index contributed by atoms with van der Waals surface area (Å²) in [6.45, 7) is 0. The van der Waals surface area contributed by atoms with Gasteiger partial charge in [-0.15, -0.1) is 0 Å². The molecule has 126 valence electrons. The van der Waals surface area contributed by atoms with Gasteiger partial charge < -0.3 is 0 Å². The maximum atomic E-state index is 2.30. The van der Waals surface area contributed by atoms with Crippen LogP contribution in [0.2, 0.25) is 0 Å². The number of rotatable bonds is 0. The Kier molecular flexibility index (Phi) is 5.25. The standard InChI is InChI=1S/C16H10.2C4H4S/c1-2-6-14-12(4-1)10-16-13-7-3-5-11(13)8-9-15(14)16;2*1-2-4-5-3-1/h1-10H;2*1-4H. The van der Waals surface area contributed by atoms with E-state index < -0.39 is 0 Å². The van der Waals surface area contributed by atoms with Crippen molar-refractivity contribution in [2.45, 2.75) is 0 Å². The van der Waals surface area contributed by atoms with E-state index in [0.717, 1.165) is 0 Å². The molecule has 0 spiro atoms. The number of benzene rings is 2.